The first-order valence-corrected chi connectivity index (χ1v) is 9.80. The molecule has 1 heterocycles. The van der Waals surface area contributed by atoms with Crippen LogP contribution in [0.25, 0.3) is 0 Å². The smallest absolute Gasteiger partial charge is 0.310 e. The van der Waals surface area contributed by atoms with Crippen LogP contribution in [0.5, 0.6) is 0 Å². The first kappa shape index (κ1) is 18.2. The summed E-state index contributed by atoms with van der Waals surface area (Å²) in [6, 6.07) is 0.159. The molecule has 1 aliphatic heterocycles. The molecule has 3 atom stereocenters. The number of fused-ring (bicyclic) bond motifs is 1. The van der Waals surface area contributed by atoms with Crippen LogP contribution in [0.2, 0.25) is 0 Å². The summed E-state index contributed by atoms with van der Waals surface area (Å²) in [6.07, 6.45) is 9.57. The summed E-state index contributed by atoms with van der Waals surface area (Å²) in [5.74, 6) is -2.87. The van der Waals surface area contributed by atoms with E-state index < -0.39 is 23.2 Å². The van der Waals surface area contributed by atoms with E-state index in [1.54, 1.807) is 0 Å². The highest BCUT2D eigenvalue weighted by Gasteiger charge is 2.54. The Morgan fingerprint density at radius 2 is 1.60 bits per heavy atom. The van der Waals surface area contributed by atoms with Gasteiger partial charge in [0.2, 0.25) is 11.8 Å². The second-order valence-electron chi connectivity index (χ2n) is 8.14. The van der Waals surface area contributed by atoms with Crippen molar-refractivity contribution in [3.63, 3.8) is 0 Å². The monoisotopic (exact) mass is 350 g/mol. The highest BCUT2D eigenvalue weighted by atomic mass is 16.4. The molecular weight excluding hydrogens is 320 g/mol. The molecule has 0 bridgehead atoms. The quantitative estimate of drug-likeness (QED) is 0.760. The number of carboxylic acid groups (broad SMARTS) is 1. The maximum Gasteiger partial charge on any atom is 0.310 e. The van der Waals surface area contributed by atoms with E-state index in [2.05, 4.69) is 0 Å². The molecule has 0 aromatic heterocycles. The van der Waals surface area contributed by atoms with Crippen molar-refractivity contribution in [2.45, 2.75) is 76.7 Å². The molecular formula is C19H30N2O4. The van der Waals surface area contributed by atoms with Crippen LogP contribution in [-0.4, -0.2) is 40.4 Å². The van der Waals surface area contributed by atoms with Gasteiger partial charge in [0.15, 0.2) is 0 Å². The molecule has 2 saturated carbocycles. The van der Waals surface area contributed by atoms with Gasteiger partial charge >= 0.3 is 5.97 Å². The number of carboxylic acids is 1. The zero-order valence-electron chi connectivity index (χ0n) is 14.9. The highest BCUT2D eigenvalue weighted by molar-refractivity contribution is 6.04. The maximum absolute atomic E-state index is 13.4. The van der Waals surface area contributed by atoms with Crippen molar-refractivity contribution in [1.29, 1.82) is 0 Å². The zero-order chi connectivity index (χ0) is 18.0. The van der Waals surface area contributed by atoms with E-state index >= 15 is 0 Å². The largest absolute Gasteiger partial charge is 0.481 e. The molecule has 0 aromatic rings. The van der Waals surface area contributed by atoms with E-state index in [0.29, 0.717) is 25.3 Å². The highest BCUT2D eigenvalue weighted by Crippen LogP contribution is 2.45. The van der Waals surface area contributed by atoms with E-state index in [9.17, 15) is 19.5 Å². The van der Waals surface area contributed by atoms with Gasteiger partial charge in [-0.1, -0.05) is 32.1 Å². The second-order valence-corrected chi connectivity index (χ2v) is 8.14. The fraction of sp³-hybridized carbons (Fsp3) is 0.842. The fourth-order valence-corrected chi connectivity index (χ4v) is 5.50. The molecule has 3 rings (SSSR count). The van der Waals surface area contributed by atoms with Crippen LogP contribution in [0.4, 0.5) is 0 Å². The number of piperidine rings is 1. The van der Waals surface area contributed by atoms with Gasteiger partial charge in [-0.2, -0.15) is 0 Å². The zero-order valence-corrected chi connectivity index (χ0v) is 14.9. The van der Waals surface area contributed by atoms with Crippen LogP contribution >= 0.6 is 0 Å². The standard InChI is InChI=1S/C19H30N2O4/c20-16(22)15(19(18(24)25)10-4-1-5-11-19)17(23)21-12-6-8-13-7-2-3-9-14(13)21/h13-15H,1-12H2,(H2,20,22)(H,24,25). The number of hydrogen-bond donors (Lipinski definition) is 2. The van der Waals surface area contributed by atoms with Gasteiger partial charge in [-0.05, 0) is 44.4 Å². The number of primary amides is 1. The second kappa shape index (κ2) is 7.34. The van der Waals surface area contributed by atoms with Crippen molar-refractivity contribution in [2.24, 2.45) is 23.0 Å². The normalized spacial score (nSPS) is 30.2. The molecule has 2 amide bonds. The Labute approximate surface area is 149 Å². The van der Waals surface area contributed by atoms with E-state index in [4.69, 9.17) is 5.73 Å². The van der Waals surface area contributed by atoms with Gasteiger partial charge < -0.3 is 15.7 Å². The molecule has 3 unspecified atom stereocenters. The molecule has 1 saturated heterocycles. The SMILES string of the molecule is NC(=O)C(C(=O)N1CCCC2CCCCC21)C1(C(=O)O)CCCCC1. The lowest BCUT2D eigenvalue weighted by atomic mass is 9.64. The molecule has 25 heavy (non-hydrogen) atoms. The first-order chi connectivity index (χ1) is 12.0. The number of likely N-dealkylation sites (tertiary alicyclic amines) is 1. The van der Waals surface area contributed by atoms with Crippen LogP contribution in [0, 0.1) is 17.3 Å². The summed E-state index contributed by atoms with van der Waals surface area (Å²) in [5.41, 5.74) is 4.30. The van der Waals surface area contributed by atoms with Gasteiger partial charge in [-0.3, -0.25) is 14.4 Å². The Morgan fingerprint density at radius 3 is 2.24 bits per heavy atom. The van der Waals surface area contributed by atoms with Crippen LogP contribution in [0.3, 0.4) is 0 Å². The Kier molecular flexibility index (Phi) is 5.35. The van der Waals surface area contributed by atoms with Crippen LogP contribution < -0.4 is 5.73 Å². The van der Waals surface area contributed by atoms with Crippen molar-refractivity contribution in [2.75, 3.05) is 6.54 Å². The van der Waals surface area contributed by atoms with Crippen molar-refractivity contribution in [3.8, 4) is 0 Å². The third-order valence-electron chi connectivity index (χ3n) is 6.78. The summed E-state index contributed by atoms with van der Waals surface area (Å²) in [4.78, 5) is 39.6. The first-order valence-electron chi connectivity index (χ1n) is 9.80. The van der Waals surface area contributed by atoms with Gasteiger partial charge in [0, 0.05) is 12.6 Å². The Morgan fingerprint density at radius 1 is 0.960 bits per heavy atom. The number of amides is 2. The van der Waals surface area contributed by atoms with E-state index in [0.717, 1.165) is 51.4 Å². The van der Waals surface area contributed by atoms with E-state index in [-0.39, 0.29) is 11.9 Å². The molecule has 6 nitrogen and oxygen atoms in total. The molecule has 0 radical (unpaired) electrons. The lowest BCUT2D eigenvalue weighted by Crippen LogP contribution is -2.58. The van der Waals surface area contributed by atoms with Gasteiger partial charge in [-0.25, -0.2) is 0 Å². The van der Waals surface area contributed by atoms with Crippen LogP contribution in [-0.2, 0) is 14.4 Å². The van der Waals surface area contributed by atoms with Crippen molar-refractivity contribution in [1.82, 2.24) is 4.90 Å². The van der Waals surface area contributed by atoms with E-state index in [1.165, 1.54) is 6.42 Å². The minimum Gasteiger partial charge on any atom is -0.481 e. The number of carbonyl (C=O) groups is 3. The Bertz CT molecular complexity index is 540. The van der Waals surface area contributed by atoms with Gasteiger partial charge in [-0.15, -0.1) is 0 Å². The molecule has 0 spiro atoms. The topological polar surface area (TPSA) is 101 Å². The predicted octanol–water partition coefficient (Wildman–Crippen LogP) is 2.30. The van der Waals surface area contributed by atoms with Crippen molar-refractivity contribution < 1.29 is 19.5 Å². The average Bonchev–Trinajstić information content (AvgIpc) is 2.61. The van der Waals surface area contributed by atoms with Crippen molar-refractivity contribution >= 4 is 17.8 Å². The average molecular weight is 350 g/mol. The molecule has 140 valence electrons. The molecule has 3 N–H and O–H groups in total. The fourth-order valence-electron chi connectivity index (χ4n) is 5.50. The number of carbonyl (C=O) groups excluding carboxylic acids is 2. The summed E-state index contributed by atoms with van der Waals surface area (Å²) in [5, 5.41) is 9.91. The third-order valence-corrected chi connectivity index (χ3v) is 6.78. The predicted molar refractivity (Wildman–Crippen MR) is 92.5 cm³/mol. The summed E-state index contributed by atoms with van der Waals surface area (Å²) in [6.45, 7) is 0.624. The Balaban J connectivity index is 1.90. The lowest BCUT2D eigenvalue weighted by Gasteiger charge is -2.47. The summed E-state index contributed by atoms with van der Waals surface area (Å²) in [7, 11) is 0. The molecule has 0 aromatic carbocycles. The van der Waals surface area contributed by atoms with Gasteiger partial charge in [0.05, 0.1) is 5.41 Å². The summed E-state index contributed by atoms with van der Waals surface area (Å²) < 4.78 is 0. The lowest BCUT2D eigenvalue weighted by molar-refractivity contribution is -0.168. The summed E-state index contributed by atoms with van der Waals surface area (Å²) >= 11 is 0. The van der Waals surface area contributed by atoms with Crippen LogP contribution in [0.15, 0.2) is 0 Å². The van der Waals surface area contributed by atoms with Gasteiger partial charge in [0.1, 0.15) is 5.92 Å². The minimum absolute atomic E-state index is 0.159. The number of nitrogens with zero attached hydrogens (tertiary/aromatic N) is 1. The molecule has 2 aliphatic carbocycles. The number of rotatable bonds is 4. The van der Waals surface area contributed by atoms with Crippen LogP contribution in [0.1, 0.15) is 70.6 Å². The number of aliphatic carboxylic acids is 1. The number of hydrogen-bond acceptors (Lipinski definition) is 3. The molecule has 3 aliphatic rings. The van der Waals surface area contributed by atoms with Crippen molar-refractivity contribution in [3.05, 3.63) is 0 Å². The third kappa shape index (κ3) is 3.27. The Hall–Kier alpha value is -1.59. The molecule has 3 fully saturated rings. The maximum atomic E-state index is 13.4. The minimum atomic E-state index is -1.32. The van der Waals surface area contributed by atoms with E-state index in [1.807, 2.05) is 4.90 Å². The molecule has 6 heteroatoms. The van der Waals surface area contributed by atoms with Gasteiger partial charge in [0.25, 0.3) is 0 Å². The number of nitrogens with two attached hydrogens (primary N) is 1.